The fourth-order valence-corrected chi connectivity index (χ4v) is 1.46. The second-order valence-corrected chi connectivity index (χ2v) is 4.23. The van der Waals surface area contributed by atoms with Gasteiger partial charge in [-0.05, 0) is 20.3 Å². The van der Waals surface area contributed by atoms with E-state index in [9.17, 15) is 4.79 Å². The van der Waals surface area contributed by atoms with Crippen LogP contribution in [0.5, 0.6) is 0 Å². The molecule has 0 aliphatic carbocycles. The summed E-state index contributed by atoms with van der Waals surface area (Å²) in [4.78, 5) is 11.3. The molecule has 94 valence electrons. The van der Waals surface area contributed by atoms with Crippen molar-refractivity contribution in [2.75, 3.05) is 6.61 Å². The van der Waals surface area contributed by atoms with Crippen molar-refractivity contribution < 1.29 is 9.53 Å². The first-order chi connectivity index (χ1) is 7.72. The highest BCUT2D eigenvalue weighted by Gasteiger charge is 2.03. The molecule has 0 radical (unpaired) electrons. The highest BCUT2D eigenvalue weighted by molar-refractivity contribution is 5.87. The molecule has 2 heteroatoms. The molecule has 0 aromatic heterocycles. The Balaban J connectivity index is 3.24. The number of carbonyl (C=O) groups is 1. The average molecular weight is 226 g/mol. The van der Waals surface area contributed by atoms with Crippen molar-refractivity contribution in [2.45, 2.75) is 65.7 Å². The molecular formula is C14H26O2. The van der Waals surface area contributed by atoms with Crippen molar-refractivity contribution in [1.82, 2.24) is 0 Å². The fourth-order valence-electron chi connectivity index (χ4n) is 1.46. The molecular weight excluding hydrogens is 200 g/mol. The quantitative estimate of drug-likeness (QED) is 0.334. The lowest BCUT2D eigenvalue weighted by molar-refractivity contribution is -0.139. The van der Waals surface area contributed by atoms with Crippen molar-refractivity contribution in [2.24, 2.45) is 0 Å². The zero-order valence-electron chi connectivity index (χ0n) is 11.1. The number of unbranched alkanes of at least 4 members (excludes halogenated alkanes) is 6. The van der Waals surface area contributed by atoms with Crippen LogP contribution >= 0.6 is 0 Å². The Morgan fingerprint density at radius 3 is 2.19 bits per heavy atom. The number of hydrogen-bond acceptors (Lipinski definition) is 2. The van der Waals surface area contributed by atoms with Crippen molar-refractivity contribution in [3.63, 3.8) is 0 Å². The molecule has 0 aromatic carbocycles. The standard InChI is InChI=1S/C14H26O2/c1-4-6-7-8-9-10-11-12-16-14(15)13(3)5-2/h5H,4,6-12H2,1-3H3. The van der Waals surface area contributed by atoms with Crippen molar-refractivity contribution in [3.8, 4) is 0 Å². The summed E-state index contributed by atoms with van der Waals surface area (Å²) in [5.74, 6) is -0.173. The fraction of sp³-hybridized carbons (Fsp3) is 0.786. The number of allylic oxidation sites excluding steroid dienone is 1. The van der Waals surface area contributed by atoms with Crippen LogP contribution in [-0.4, -0.2) is 12.6 Å². The maximum atomic E-state index is 11.3. The lowest BCUT2D eigenvalue weighted by Crippen LogP contribution is -2.06. The molecule has 0 aliphatic rings. The summed E-state index contributed by atoms with van der Waals surface area (Å²) < 4.78 is 5.12. The van der Waals surface area contributed by atoms with E-state index < -0.39 is 0 Å². The van der Waals surface area contributed by atoms with Gasteiger partial charge in [-0.2, -0.15) is 0 Å². The first-order valence-corrected chi connectivity index (χ1v) is 6.52. The van der Waals surface area contributed by atoms with Gasteiger partial charge < -0.3 is 4.74 Å². The number of hydrogen-bond donors (Lipinski definition) is 0. The van der Waals surface area contributed by atoms with Gasteiger partial charge in [-0.25, -0.2) is 4.79 Å². The summed E-state index contributed by atoms with van der Waals surface area (Å²) >= 11 is 0. The second kappa shape index (κ2) is 10.7. The highest BCUT2D eigenvalue weighted by atomic mass is 16.5. The van der Waals surface area contributed by atoms with E-state index in [1.165, 1.54) is 38.5 Å². The topological polar surface area (TPSA) is 26.3 Å². The average Bonchev–Trinajstić information content (AvgIpc) is 2.31. The maximum absolute atomic E-state index is 11.3. The van der Waals surface area contributed by atoms with Crippen molar-refractivity contribution >= 4 is 5.97 Å². The molecule has 0 fully saturated rings. The van der Waals surface area contributed by atoms with E-state index in [4.69, 9.17) is 4.74 Å². The Kier molecular flexibility index (Phi) is 10.2. The SMILES string of the molecule is CC=C(C)C(=O)OCCCCCCCCC. The minimum atomic E-state index is -0.173. The normalized spacial score (nSPS) is 11.6. The van der Waals surface area contributed by atoms with Crippen LogP contribution < -0.4 is 0 Å². The van der Waals surface area contributed by atoms with Crippen LogP contribution in [0.15, 0.2) is 11.6 Å². The molecule has 0 amide bonds. The van der Waals surface area contributed by atoms with E-state index in [1.54, 1.807) is 13.0 Å². The molecule has 0 atom stereocenters. The van der Waals surface area contributed by atoms with Gasteiger partial charge in [0.05, 0.1) is 6.61 Å². The molecule has 0 rings (SSSR count). The third-order valence-corrected chi connectivity index (χ3v) is 2.74. The molecule has 2 nitrogen and oxygen atoms in total. The van der Waals surface area contributed by atoms with Gasteiger partial charge in [0.1, 0.15) is 0 Å². The van der Waals surface area contributed by atoms with Gasteiger partial charge in [0, 0.05) is 5.57 Å². The third-order valence-electron chi connectivity index (χ3n) is 2.74. The molecule has 0 heterocycles. The van der Waals surface area contributed by atoms with Gasteiger partial charge in [0.15, 0.2) is 0 Å². The second-order valence-electron chi connectivity index (χ2n) is 4.23. The van der Waals surface area contributed by atoms with E-state index in [0.717, 1.165) is 6.42 Å². The zero-order chi connectivity index (χ0) is 12.2. The molecule has 16 heavy (non-hydrogen) atoms. The Labute approximate surface area is 100 Å². The smallest absolute Gasteiger partial charge is 0.333 e. The molecule has 0 saturated heterocycles. The predicted octanol–water partition coefficient (Wildman–Crippen LogP) is 4.25. The Hall–Kier alpha value is -0.790. The molecule has 0 unspecified atom stereocenters. The van der Waals surface area contributed by atoms with Gasteiger partial charge >= 0.3 is 5.97 Å². The summed E-state index contributed by atoms with van der Waals surface area (Å²) in [6.07, 6.45) is 10.5. The van der Waals surface area contributed by atoms with Crippen molar-refractivity contribution in [3.05, 3.63) is 11.6 Å². The van der Waals surface area contributed by atoms with Crippen LogP contribution in [0.1, 0.15) is 65.7 Å². The molecule has 0 aromatic rings. The molecule has 0 spiro atoms. The van der Waals surface area contributed by atoms with Gasteiger partial charge in [-0.3, -0.25) is 0 Å². The van der Waals surface area contributed by atoms with Crippen LogP contribution in [0.3, 0.4) is 0 Å². The first kappa shape index (κ1) is 15.2. The highest BCUT2D eigenvalue weighted by Crippen LogP contribution is 2.07. The summed E-state index contributed by atoms with van der Waals surface area (Å²) in [5, 5.41) is 0. The minimum Gasteiger partial charge on any atom is -0.462 e. The van der Waals surface area contributed by atoms with Crippen LogP contribution in [0, 0.1) is 0 Å². The lowest BCUT2D eigenvalue weighted by atomic mass is 10.1. The van der Waals surface area contributed by atoms with E-state index in [0.29, 0.717) is 12.2 Å². The van der Waals surface area contributed by atoms with Crippen LogP contribution in [0.25, 0.3) is 0 Å². The minimum absolute atomic E-state index is 0.173. The summed E-state index contributed by atoms with van der Waals surface area (Å²) in [6.45, 7) is 6.43. The molecule has 0 bridgehead atoms. The number of rotatable bonds is 9. The Bertz CT molecular complexity index is 207. The van der Waals surface area contributed by atoms with Crippen molar-refractivity contribution in [1.29, 1.82) is 0 Å². The zero-order valence-corrected chi connectivity index (χ0v) is 11.1. The monoisotopic (exact) mass is 226 g/mol. The third kappa shape index (κ3) is 8.51. The summed E-state index contributed by atoms with van der Waals surface area (Å²) in [5.41, 5.74) is 0.697. The Morgan fingerprint density at radius 1 is 1.06 bits per heavy atom. The van der Waals surface area contributed by atoms with Gasteiger partial charge in [0.2, 0.25) is 0 Å². The first-order valence-electron chi connectivity index (χ1n) is 6.52. The largest absolute Gasteiger partial charge is 0.462 e. The maximum Gasteiger partial charge on any atom is 0.333 e. The summed E-state index contributed by atoms with van der Waals surface area (Å²) in [6, 6.07) is 0. The lowest BCUT2D eigenvalue weighted by Gasteiger charge is -2.04. The molecule has 0 aliphatic heterocycles. The van der Waals surface area contributed by atoms with E-state index in [2.05, 4.69) is 6.92 Å². The van der Waals surface area contributed by atoms with Gasteiger partial charge in [-0.15, -0.1) is 0 Å². The predicted molar refractivity (Wildman–Crippen MR) is 68.4 cm³/mol. The van der Waals surface area contributed by atoms with Gasteiger partial charge in [0.25, 0.3) is 0 Å². The number of esters is 1. The van der Waals surface area contributed by atoms with Crippen LogP contribution in [-0.2, 0) is 9.53 Å². The van der Waals surface area contributed by atoms with Gasteiger partial charge in [-0.1, -0.05) is 51.5 Å². The Morgan fingerprint density at radius 2 is 1.62 bits per heavy atom. The van der Waals surface area contributed by atoms with E-state index in [-0.39, 0.29) is 5.97 Å². The van der Waals surface area contributed by atoms with E-state index in [1.807, 2.05) is 6.92 Å². The number of carbonyl (C=O) groups excluding carboxylic acids is 1. The van der Waals surface area contributed by atoms with E-state index >= 15 is 0 Å². The number of ether oxygens (including phenoxy) is 1. The van der Waals surface area contributed by atoms with Crippen LogP contribution in [0.4, 0.5) is 0 Å². The summed E-state index contributed by atoms with van der Waals surface area (Å²) in [7, 11) is 0. The molecule has 0 N–H and O–H groups in total. The van der Waals surface area contributed by atoms with Crippen LogP contribution in [0.2, 0.25) is 0 Å². The molecule has 0 saturated carbocycles.